The Balaban J connectivity index is 2.04. The van der Waals surface area contributed by atoms with E-state index in [-0.39, 0.29) is 46.1 Å². The van der Waals surface area contributed by atoms with Gasteiger partial charge >= 0.3 is 0 Å². The van der Waals surface area contributed by atoms with E-state index >= 15 is 0 Å². The monoisotopic (exact) mass is 274 g/mol. The highest BCUT2D eigenvalue weighted by atomic mass is 16.5. The molecule has 0 atom stereocenters. The molecule has 0 aromatic carbocycles. The van der Waals surface area contributed by atoms with Crippen molar-refractivity contribution >= 4 is 11.8 Å². The maximum Gasteiger partial charge on any atom is 0.193 e. The van der Waals surface area contributed by atoms with Gasteiger partial charge in [0.05, 0.1) is 32.8 Å². The fourth-order valence-electron chi connectivity index (χ4n) is 1.83. The number of ether oxygens (including phenoxy) is 2. The van der Waals surface area contributed by atoms with Crippen molar-refractivity contribution in [2.24, 2.45) is 9.98 Å². The zero-order chi connectivity index (χ0) is 13.9. The van der Waals surface area contributed by atoms with E-state index in [1.807, 2.05) is 0 Å². The van der Waals surface area contributed by atoms with Gasteiger partial charge < -0.3 is 29.9 Å². The van der Waals surface area contributed by atoms with Crippen LogP contribution in [-0.4, -0.2) is 82.9 Å². The summed E-state index contributed by atoms with van der Waals surface area (Å²) in [6, 6.07) is 0. The Kier molecular flexibility index (Phi) is 4.04. The molecule has 0 fully saturated rings. The summed E-state index contributed by atoms with van der Waals surface area (Å²) in [5.74, 6) is 0.627. The Bertz CT molecular complexity index is 351. The summed E-state index contributed by atoms with van der Waals surface area (Å²) in [7, 11) is 0. The van der Waals surface area contributed by atoms with Gasteiger partial charge in [-0.15, -0.1) is 0 Å². The lowest BCUT2D eigenvalue weighted by Crippen LogP contribution is -2.37. The maximum absolute atomic E-state index is 9.18. The van der Waals surface area contributed by atoms with Gasteiger partial charge in [-0.3, -0.25) is 0 Å². The molecule has 0 bridgehead atoms. The highest BCUT2D eigenvalue weighted by Crippen LogP contribution is 2.23. The molecule has 0 saturated carbocycles. The van der Waals surface area contributed by atoms with Crippen molar-refractivity contribution in [1.29, 1.82) is 0 Å². The van der Waals surface area contributed by atoms with E-state index in [1.165, 1.54) is 0 Å². The minimum atomic E-state index is -1.00. The second-order valence-electron chi connectivity index (χ2n) is 4.85. The molecule has 0 radical (unpaired) electrons. The first-order valence-electron chi connectivity index (χ1n) is 5.97. The largest absolute Gasteiger partial charge is 0.478 e. The van der Waals surface area contributed by atoms with Gasteiger partial charge in [0.15, 0.2) is 11.8 Å². The Morgan fingerprint density at radius 2 is 1.16 bits per heavy atom. The molecule has 8 nitrogen and oxygen atoms in total. The van der Waals surface area contributed by atoms with Crippen LogP contribution in [0, 0.1) is 0 Å². The van der Waals surface area contributed by atoms with Crippen molar-refractivity contribution in [3.05, 3.63) is 0 Å². The maximum atomic E-state index is 9.18. The van der Waals surface area contributed by atoms with Crippen LogP contribution < -0.4 is 0 Å². The second-order valence-corrected chi connectivity index (χ2v) is 4.85. The zero-order valence-corrected chi connectivity index (χ0v) is 10.4. The van der Waals surface area contributed by atoms with Crippen molar-refractivity contribution in [1.82, 2.24) is 0 Å². The average molecular weight is 274 g/mol. The summed E-state index contributed by atoms with van der Waals surface area (Å²) >= 11 is 0. The average Bonchev–Trinajstić information content (AvgIpc) is 3.05. The normalized spacial score (nSPS) is 23.6. The predicted molar refractivity (Wildman–Crippen MR) is 65.2 cm³/mol. The molecule has 0 aromatic heterocycles. The molecule has 0 spiro atoms. The fourth-order valence-corrected chi connectivity index (χ4v) is 1.83. The quantitative estimate of drug-likeness (QED) is 0.431. The molecule has 0 aliphatic carbocycles. The van der Waals surface area contributed by atoms with Crippen LogP contribution in [-0.2, 0) is 9.47 Å². The van der Waals surface area contributed by atoms with E-state index in [0.29, 0.717) is 11.8 Å². The Labute approximate surface area is 110 Å². The molecular formula is C11H18N2O6. The third-order valence-electron chi connectivity index (χ3n) is 3.22. The van der Waals surface area contributed by atoms with Gasteiger partial charge in [0.1, 0.15) is 24.3 Å². The van der Waals surface area contributed by atoms with E-state index in [0.717, 1.165) is 0 Å². The van der Waals surface area contributed by atoms with Gasteiger partial charge in [-0.2, -0.15) is 0 Å². The highest BCUT2D eigenvalue weighted by molar-refractivity contribution is 5.98. The molecule has 0 saturated heterocycles. The summed E-state index contributed by atoms with van der Waals surface area (Å²) in [6.07, 6.45) is 0.170. The van der Waals surface area contributed by atoms with Gasteiger partial charge in [-0.25, -0.2) is 9.98 Å². The zero-order valence-electron chi connectivity index (χ0n) is 10.4. The number of hydrogen-bond donors (Lipinski definition) is 4. The first-order valence-corrected chi connectivity index (χ1v) is 5.97. The number of aliphatic hydroxyl groups excluding tert-OH is 4. The van der Waals surface area contributed by atoms with Gasteiger partial charge in [0.2, 0.25) is 0 Å². The number of rotatable bonds is 6. The van der Waals surface area contributed by atoms with E-state index in [1.54, 1.807) is 0 Å². The smallest absolute Gasteiger partial charge is 0.193 e. The molecule has 19 heavy (non-hydrogen) atoms. The Morgan fingerprint density at radius 3 is 1.42 bits per heavy atom. The first-order chi connectivity index (χ1) is 9.11. The molecule has 0 unspecified atom stereocenters. The third-order valence-corrected chi connectivity index (χ3v) is 3.22. The summed E-state index contributed by atoms with van der Waals surface area (Å²) in [6.45, 7) is -1.02. The summed E-state index contributed by atoms with van der Waals surface area (Å²) in [5, 5.41) is 36.7. The molecule has 2 aliphatic rings. The summed E-state index contributed by atoms with van der Waals surface area (Å²) in [4.78, 5) is 8.26. The summed E-state index contributed by atoms with van der Waals surface area (Å²) < 4.78 is 10.6. The fraction of sp³-hybridized carbons (Fsp3) is 0.818. The number of aliphatic hydroxyl groups is 4. The van der Waals surface area contributed by atoms with Crippen LogP contribution in [0.2, 0.25) is 0 Å². The van der Waals surface area contributed by atoms with Crippen molar-refractivity contribution in [2.45, 2.75) is 17.5 Å². The number of nitrogens with zero attached hydrogens (tertiary/aromatic N) is 2. The first kappa shape index (κ1) is 14.2. The molecule has 4 N–H and O–H groups in total. The highest BCUT2D eigenvalue weighted by Gasteiger charge is 2.39. The van der Waals surface area contributed by atoms with E-state index in [9.17, 15) is 20.4 Å². The van der Waals surface area contributed by atoms with Gasteiger partial charge in [0.25, 0.3) is 0 Å². The van der Waals surface area contributed by atoms with Gasteiger partial charge in [-0.05, 0) is 0 Å². The molecule has 0 amide bonds. The lowest BCUT2D eigenvalue weighted by Gasteiger charge is -2.16. The Hall–Kier alpha value is -1.22. The van der Waals surface area contributed by atoms with Crippen molar-refractivity contribution < 1.29 is 29.9 Å². The number of aliphatic imine (C=N–C) groups is 2. The van der Waals surface area contributed by atoms with Crippen LogP contribution in [0.15, 0.2) is 9.98 Å². The van der Waals surface area contributed by atoms with E-state index in [2.05, 4.69) is 9.98 Å². The SMILES string of the molecule is OCC1(CO)COC(CC2=NC(CO)(CO)CO2)=N1. The van der Waals surface area contributed by atoms with Crippen LogP contribution in [0.4, 0.5) is 0 Å². The topological polar surface area (TPSA) is 124 Å². The lowest BCUT2D eigenvalue weighted by molar-refractivity contribution is 0.0966. The molecule has 108 valence electrons. The van der Waals surface area contributed by atoms with E-state index < -0.39 is 11.1 Å². The molecule has 8 heteroatoms. The van der Waals surface area contributed by atoms with Crippen LogP contribution >= 0.6 is 0 Å². The van der Waals surface area contributed by atoms with Crippen molar-refractivity contribution in [3.8, 4) is 0 Å². The molecule has 2 aliphatic heterocycles. The van der Waals surface area contributed by atoms with Crippen LogP contribution in [0.25, 0.3) is 0 Å². The standard InChI is InChI=1S/C11H18N2O6/c14-2-10(3-15)6-18-8(12-10)1-9-13-11(4-16,5-17)7-19-9/h14-17H,1-7H2. The number of hydrogen-bond acceptors (Lipinski definition) is 8. The minimum absolute atomic E-state index is 0.105. The van der Waals surface area contributed by atoms with Crippen LogP contribution in [0.1, 0.15) is 6.42 Å². The van der Waals surface area contributed by atoms with Crippen molar-refractivity contribution in [2.75, 3.05) is 39.6 Å². The van der Waals surface area contributed by atoms with E-state index in [4.69, 9.17) is 9.47 Å². The molecular weight excluding hydrogens is 256 g/mol. The van der Waals surface area contributed by atoms with Gasteiger partial charge in [-0.1, -0.05) is 0 Å². The van der Waals surface area contributed by atoms with Crippen molar-refractivity contribution in [3.63, 3.8) is 0 Å². The third kappa shape index (κ3) is 2.71. The second kappa shape index (κ2) is 5.41. The summed E-state index contributed by atoms with van der Waals surface area (Å²) in [5.41, 5.74) is -2.00. The molecule has 2 heterocycles. The Morgan fingerprint density at radius 1 is 0.789 bits per heavy atom. The lowest BCUT2D eigenvalue weighted by atomic mass is 10.1. The van der Waals surface area contributed by atoms with Crippen LogP contribution in [0.3, 0.4) is 0 Å². The molecule has 0 aromatic rings. The molecule has 2 rings (SSSR count). The van der Waals surface area contributed by atoms with Crippen LogP contribution in [0.5, 0.6) is 0 Å². The van der Waals surface area contributed by atoms with Gasteiger partial charge in [0, 0.05) is 0 Å². The minimum Gasteiger partial charge on any atom is -0.478 e. The predicted octanol–water partition coefficient (Wildman–Crippen LogP) is -2.32.